The van der Waals surface area contributed by atoms with Gasteiger partial charge in [0.1, 0.15) is 5.65 Å². The Labute approximate surface area is 181 Å². The highest BCUT2D eigenvalue weighted by molar-refractivity contribution is 7.86. The number of β-amino-alcohol motifs (C(OH)–C–C–N with tert-alkyl or cyclic N) is 1. The number of hydrogen-bond donors (Lipinski definition) is 2. The first-order chi connectivity index (χ1) is 14.9. The lowest BCUT2D eigenvalue weighted by atomic mass is 10.1. The van der Waals surface area contributed by atoms with Crippen molar-refractivity contribution in [1.29, 1.82) is 0 Å². The van der Waals surface area contributed by atoms with Crippen molar-refractivity contribution in [1.82, 2.24) is 23.1 Å². The summed E-state index contributed by atoms with van der Waals surface area (Å²) in [6, 6.07) is 3.60. The number of fused-ring (bicyclic) bond motifs is 1. The van der Waals surface area contributed by atoms with E-state index >= 15 is 0 Å². The third-order valence-corrected chi connectivity index (χ3v) is 8.59. The second-order valence-corrected chi connectivity index (χ2v) is 10.7. The Morgan fingerprint density at radius 3 is 2.42 bits per heavy atom. The van der Waals surface area contributed by atoms with Crippen LogP contribution in [-0.2, 0) is 10.2 Å². The Bertz CT molecular complexity index is 1120. The van der Waals surface area contributed by atoms with Crippen LogP contribution >= 0.6 is 0 Å². The lowest BCUT2D eigenvalue weighted by Crippen LogP contribution is -2.59. The highest BCUT2D eigenvalue weighted by Crippen LogP contribution is 2.30. The smallest absolute Gasteiger partial charge is 0.282 e. The van der Waals surface area contributed by atoms with Gasteiger partial charge in [-0.3, -0.25) is 9.36 Å². The first-order valence-corrected chi connectivity index (χ1v) is 12.4. The summed E-state index contributed by atoms with van der Waals surface area (Å²) in [7, 11) is -3.49. The van der Waals surface area contributed by atoms with E-state index < -0.39 is 16.3 Å². The second kappa shape index (κ2) is 8.12. The molecule has 0 spiro atoms. The van der Waals surface area contributed by atoms with E-state index in [1.807, 2.05) is 4.57 Å². The number of rotatable bonds is 5. The normalized spacial score (nSPS) is 22.7. The number of aliphatic hydroxyl groups excluding tert-OH is 1. The van der Waals surface area contributed by atoms with Crippen LogP contribution in [0.15, 0.2) is 23.1 Å². The Morgan fingerprint density at radius 2 is 1.74 bits per heavy atom. The van der Waals surface area contributed by atoms with Gasteiger partial charge in [-0.15, -0.1) is 0 Å². The van der Waals surface area contributed by atoms with Gasteiger partial charge >= 0.3 is 0 Å². The van der Waals surface area contributed by atoms with Gasteiger partial charge in [0.15, 0.2) is 0 Å². The molecule has 0 radical (unpaired) electrons. The molecule has 0 aromatic carbocycles. The molecule has 168 valence electrons. The lowest BCUT2D eigenvalue weighted by molar-refractivity contribution is 0.0498. The summed E-state index contributed by atoms with van der Waals surface area (Å²) in [5.41, 5.74) is 0.631. The minimum Gasteiger partial charge on any atom is -0.390 e. The molecule has 3 aliphatic rings. The van der Waals surface area contributed by atoms with E-state index in [9.17, 15) is 18.3 Å². The third kappa shape index (κ3) is 3.95. The topological polar surface area (TPSA) is 121 Å². The average Bonchev–Trinajstić information content (AvgIpc) is 3.26. The first-order valence-electron chi connectivity index (χ1n) is 11.0. The fraction of sp³-hybridized carbons (Fsp3) is 0.650. The van der Waals surface area contributed by atoms with Crippen LogP contribution in [0.4, 0.5) is 5.95 Å². The monoisotopic (exact) mass is 448 g/mol. The van der Waals surface area contributed by atoms with Gasteiger partial charge in [-0.2, -0.15) is 22.0 Å². The molecule has 4 heterocycles. The van der Waals surface area contributed by atoms with Crippen LogP contribution < -0.4 is 10.9 Å². The van der Waals surface area contributed by atoms with E-state index in [1.54, 1.807) is 18.3 Å². The Kier molecular flexibility index (Phi) is 5.45. The number of pyridine rings is 1. The zero-order valence-electron chi connectivity index (χ0n) is 17.4. The van der Waals surface area contributed by atoms with Gasteiger partial charge in [-0.1, -0.05) is 12.8 Å². The molecule has 0 atom stereocenters. The van der Waals surface area contributed by atoms with Gasteiger partial charge in [0.2, 0.25) is 5.95 Å². The third-order valence-electron chi connectivity index (χ3n) is 6.63. The van der Waals surface area contributed by atoms with E-state index in [1.165, 1.54) is 8.61 Å². The molecular formula is C20H28N6O4S. The van der Waals surface area contributed by atoms with Gasteiger partial charge < -0.3 is 10.4 Å². The van der Waals surface area contributed by atoms with Gasteiger partial charge in [-0.05, 0) is 31.7 Å². The fourth-order valence-electron chi connectivity index (χ4n) is 4.81. The maximum Gasteiger partial charge on any atom is 0.282 e. The molecule has 0 bridgehead atoms. The number of nitrogens with zero attached hydrogens (tertiary/aromatic N) is 5. The summed E-state index contributed by atoms with van der Waals surface area (Å²) in [6.07, 6.45) is 6.70. The van der Waals surface area contributed by atoms with Crippen molar-refractivity contribution in [2.75, 3.05) is 31.5 Å². The summed E-state index contributed by atoms with van der Waals surface area (Å²) in [5.74, 6) is 0.469. The molecule has 3 fully saturated rings. The number of piperidine rings is 1. The Morgan fingerprint density at radius 1 is 1.03 bits per heavy atom. The number of aromatic nitrogens is 3. The molecule has 5 rings (SSSR count). The van der Waals surface area contributed by atoms with Crippen molar-refractivity contribution in [3.05, 3.63) is 28.7 Å². The molecule has 2 N–H and O–H groups in total. The molecule has 11 heteroatoms. The Hall–Kier alpha value is -2.08. The molecule has 1 aliphatic carbocycles. The standard InChI is InChI=1S/C20H28N6O4S/c27-17-12-25(13-17)31(29,30)24-9-7-15(8-10-24)22-20-21-11-14-5-6-18(28)26(19(14)23-20)16-3-1-2-4-16/h5-6,11,15-17,27H,1-4,7-10,12-13H2,(H,21,22,23). The van der Waals surface area contributed by atoms with Gasteiger partial charge in [-0.25, -0.2) is 4.98 Å². The highest BCUT2D eigenvalue weighted by Gasteiger charge is 2.39. The maximum atomic E-state index is 12.6. The van der Waals surface area contributed by atoms with E-state index in [-0.39, 0.29) is 30.7 Å². The van der Waals surface area contributed by atoms with Crippen LogP contribution in [0.5, 0.6) is 0 Å². The molecule has 1 saturated carbocycles. The molecule has 10 nitrogen and oxygen atoms in total. The number of nitrogens with one attached hydrogen (secondary N) is 1. The molecule has 2 aromatic heterocycles. The van der Waals surface area contributed by atoms with Crippen LogP contribution in [0, 0.1) is 0 Å². The predicted molar refractivity (Wildman–Crippen MR) is 116 cm³/mol. The zero-order chi connectivity index (χ0) is 21.6. The number of hydrogen-bond acceptors (Lipinski definition) is 7. The summed E-state index contributed by atoms with van der Waals surface area (Å²) >= 11 is 0. The molecular weight excluding hydrogens is 420 g/mol. The fourth-order valence-corrected chi connectivity index (χ4v) is 6.52. The van der Waals surface area contributed by atoms with Crippen LogP contribution in [0.3, 0.4) is 0 Å². The molecule has 2 aliphatic heterocycles. The van der Waals surface area contributed by atoms with Crippen LogP contribution in [0.25, 0.3) is 11.0 Å². The minimum atomic E-state index is -3.49. The van der Waals surface area contributed by atoms with E-state index in [0.717, 1.165) is 31.1 Å². The number of aliphatic hydroxyl groups is 1. The summed E-state index contributed by atoms with van der Waals surface area (Å²) in [4.78, 5) is 21.7. The molecule has 2 saturated heterocycles. The van der Waals surface area contributed by atoms with Crippen molar-refractivity contribution in [3.63, 3.8) is 0 Å². The summed E-state index contributed by atoms with van der Waals surface area (Å²) in [5, 5.41) is 13.6. The predicted octanol–water partition coefficient (Wildman–Crippen LogP) is 0.704. The molecule has 2 aromatic rings. The molecule has 0 amide bonds. The zero-order valence-corrected chi connectivity index (χ0v) is 18.2. The second-order valence-electron chi connectivity index (χ2n) is 8.75. The summed E-state index contributed by atoms with van der Waals surface area (Å²) < 4.78 is 29.8. The van der Waals surface area contributed by atoms with Crippen molar-refractivity contribution in [3.8, 4) is 0 Å². The van der Waals surface area contributed by atoms with Gasteiger partial charge in [0, 0.05) is 55.9 Å². The van der Waals surface area contributed by atoms with E-state index in [4.69, 9.17) is 0 Å². The number of anilines is 1. The van der Waals surface area contributed by atoms with Crippen LogP contribution in [0.1, 0.15) is 44.6 Å². The maximum absolute atomic E-state index is 12.6. The van der Waals surface area contributed by atoms with Crippen LogP contribution in [0.2, 0.25) is 0 Å². The van der Waals surface area contributed by atoms with Gasteiger partial charge in [0.05, 0.1) is 6.10 Å². The SMILES string of the molecule is O=c1ccc2cnc(NC3CCN(S(=O)(=O)N4CC(O)C4)CC3)nc2n1C1CCCC1. The van der Waals surface area contributed by atoms with E-state index in [2.05, 4.69) is 15.3 Å². The van der Waals surface area contributed by atoms with Crippen molar-refractivity contribution in [2.45, 2.75) is 56.7 Å². The van der Waals surface area contributed by atoms with E-state index in [0.29, 0.717) is 37.5 Å². The molecule has 31 heavy (non-hydrogen) atoms. The van der Waals surface area contributed by atoms with Gasteiger partial charge in [0.25, 0.3) is 15.8 Å². The quantitative estimate of drug-likeness (QED) is 0.691. The highest BCUT2D eigenvalue weighted by atomic mass is 32.2. The minimum absolute atomic E-state index is 0.0290. The first kappa shape index (κ1) is 20.8. The summed E-state index contributed by atoms with van der Waals surface area (Å²) in [6.45, 7) is 1.17. The lowest BCUT2D eigenvalue weighted by Gasteiger charge is -2.40. The Balaban J connectivity index is 1.29. The van der Waals surface area contributed by atoms with Crippen molar-refractivity contribution < 1.29 is 13.5 Å². The van der Waals surface area contributed by atoms with Crippen molar-refractivity contribution in [2.24, 2.45) is 0 Å². The average molecular weight is 449 g/mol. The largest absolute Gasteiger partial charge is 0.390 e. The molecule has 0 unspecified atom stereocenters. The van der Waals surface area contributed by atoms with Crippen molar-refractivity contribution >= 4 is 27.2 Å². The van der Waals surface area contributed by atoms with Crippen LogP contribution in [-0.4, -0.2) is 75.0 Å².